The molecule has 11 nitrogen and oxygen atoms in total. The molecular weight excluding hydrogens is 462 g/mol. The fraction of sp³-hybridized carbons (Fsp3) is 0.200. The molecule has 0 radical (unpaired) electrons. The molecule has 0 amide bonds. The van der Waals surface area contributed by atoms with E-state index in [1.807, 2.05) is 6.08 Å². The van der Waals surface area contributed by atoms with Crippen molar-refractivity contribution in [3.8, 4) is 17.3 Å². The minimum absolute atomic E-state index is 0.0962. The Morgan fingerprint density at radius 1 is 1.25 bits per heavy atom. The molecule has 0 fully saturated rings. The van der Waals surface area contributed by atoms with Crippen LogP contribution in [0.5, 0.6) is 0 Å². The third-order valence-corrected chi connectivity index (χ3v) is 5.50. The first-order chi connectivity index (χ1) is 17.5. The highest BCUT2D eigenvalue weighted by molar-refractivity contribution is 5.96. The van der Waals surface area contributed by atoms with Gasteiger partial charge in [-0.3, -0.25) is 20.1 Å². The summed E-state index contributed by atoms with van der Waals surface area (Å²) in [4.78, 5) is 40.6. The van der Waals surface area contributed by atoms with Crippen molar-refractivity contribution in [2.45, 2.75) is 18.9 Å². The number of aliphatic imine (C=N–C) groups is 1. The molecule has 0 bridgehead atoms. The Morgan fingerprint density at radius 2 is 2.11 bits per heavy atom. The van der Waals surface area contributed by atoms with Crippen LogP contribution in [0.1, 0.15) is 35.0 Å². The van der Waals surface area contributed by atoms with Gasteiger partial charge in [0.25, 0.3) is 5.69 Å². The number of esters is 1. The number of pyridine rings is 1. The van der Waals surface area contributed by atoms with Crippen LogP contribution >= 0.6 is 0 Å². The molecule has 11 heteroatoms. The Morgan fingerprint density at radius 3 is 2.78 bits per heavy atom. The van der Waals surface area contributed by atoms with E-state index in [9.17, 15) is 20.2 Å². The molecule has 0 saturated carbocycles. The number of ether oxygens (including phenoxy) is 1. The van der Waals surface area contributed by atoms with Gasteiger partial charge in [-0.25, -0.2) is 14.8 Å². The summed E-state index contributed by atoms with van der Waals surface area (Å²) < 4.78 is 5.14. The van der Waals surface area contributed by atoms with Crippen LogP contribution in [0.25, 0.3) is 11.3 Å². The molecule has 1 aliphatic heterocycles. The average molecular weight is 483 g/mol. The van der Waals surface area contributed by atoms with Gasteiger partial charge < -0.3 is 10.1 Å². The van der Waals surface area contributed by atoms with Crippen molar-refractivity contribution in [2.75, 3.05) is 18.5 Å². The number of nitrogens with zero attached hydrogens (tertiary/aromatic N) is 6. The highest BCUT2D eigenvalue weighted by Crippen LogP contribution is 2.33. The van der Waals surface area contributed by atoms with Crippen LogP contribution < -0.4 is 5.32 Å². The van der Waals surface area contributed by atoms with E-state index < -0.39 is 16.4 Å². The maximum atomic E-state index is 12.5. The van der Waals surface area contributed by atoms with Crippen LogP contribution in [0, 0.1) is 21.4 Å². The Balaban J connectivity index is 1.57. The summed E-state index contributed by atoms with van der Waals surface area (Å²) in [5, 5.41) is 23.4. The molecular formula is C25H21N7O4. The molecule has 0 saturated heterocycles. The second-order valence-electron chi connectivity index (χ2n) is 7.77. The van der Waals surface area contributed by atoms with E-state index >= 15 is 0 Å². The van der Waals surface area contributed by atoms with Crippen LogP contribution in [0.4, 0.5) is 11.6 Å². The normalized spacial score (nSPS) is 15.9. The summed E-state index contributed by atoms with van der Waals surface area (Å²) in [5.41, 5.74) is 1.24. The lowest BCUT2D eigenvalue weighted by Gasteiger charge is -2.23. The van der Waals surface area contributed by atoms with Crippen molar-refractivity contribution >= 4 is 23.8 Å². The van der Waals surface area contributed by atoms with E-state index in [0.29, 0.717) is 35.5 Å². The number of hydrogen-bond donors (Lipinski definition) is 1. The van der Waals surface area contributed by atoms with E-state index in [1.54, 1.807) is 49.5 Å². The number of aromatic nitrogens is 3. The van der Waals surface area contributed by atoms with E-state index in [-0.39, 0.29) is 23.8 Å². The first-order valence-corrected chi connectivity index (χ1v) is 11.1. The summed E-state index contributed by atoms with van der Waals surface area (Å²) in [5.74, 6) is -0.284. The fourth-order valence-corrected chi connectivity index (χ4v) is 3.75. The second kappa shape index (κ2) is 10.5. The maximum Gasteiger partial charge on any atom is 0.341 e. The molecule has 0 spiro atoms. The molecule has 180 valence electrons. The van der Waals surface area contributed by atoms with Crippen molar-refractivity contribution in [3.63, 3.8) is 0 Å². The van der Waals surface area contributed by atoms with Crippen LogP contribution in [0.2, 0.25) is 0 Å². The molecule has 1 atom stereocenters. The van der Waals surface area contributed by atoms with Crippen molar-refractivity contribution in [2.24, 2.45) is 4.99 Å². The lowest BCUT2D eigenvalue weighted by atomic mass is 9.92. The lowest BCUT2D eigenvalue weighted by molar-refractivity contribution is -0.385. The SMILES string of the molecule is CCOC(=O)c1cnc(NCCC2(c3ccc([N+](=O)[O-])cn3)C=CC=N2)nc1-c1cccc(C#N)c1. The predicted molar refractivity (Wildman–Crippen MR) is 131 cm³/mol. The monoisotopic (exact) mass is 483 g/mol. The molecule has 3 aromatic rings. The highest BCUT2D eigenvalue weighted by atomic mass is 16.6. The number of rotatable bonds is 9. The second-order valence-corrected chi connectivity index (χ2v) is 7.77. The smallest absolute Gasteiger partial charge is 0.341 e. The van der Waals surface area contributed by atoms with Gasteiger partial charge in [0.2, 0.25) is 5.95 Å². The van der Waals surface area contributed by atoms with Crippen LogP contribution in [-0.2, 0) is 10.3 Å². The number of nitrogens with one attached hydrogen (secondary N) is 1. The van der Waals surface area contributed by atoms with Crippen molar-refractivity contribution in [1.29, 1.82) is 5.26 Å². The Kier molecular flexibility index (Phi) is 7.06. The minimum atomic E-state index is -0.781. The van der Waals surface area contributed by atoms with Crippen LogP contribution in [-0.4, -0.2) is 45.2 Å². The summed E-state index contributed by atoms with van der Waals surface area (Å²) in [6.07, 6.45) is 8.41. The standard InChI is InChI=1S/C25H21N7O4/c1-2-36-23(33)20-16-29-24(31-22(20)18-6-3-5-17(13-18)14-26)27-12-10-25(9-4-11-30-25)21-8-7-19(15-28-21)32(34)35/h3-9,11,13,15-16H,2,10,12H2,1H3,(H,27,29,31). The average Bonchev–Trinajstić information content (AvgIpc) is 3.39. The zero-order chi connectivity index (χ0) is 25.5. The first-order valence-electron chi connectivity index (χ1n) is 11.1. The zero-order valence-corrected chi connectivity index (χ0v) is 19.3. The van der Waals surface area contributed by atoms with Gasteiger partial charge in [-0.15, -0.1) is 0 Å². The highest BCUT2D eigenvalue weighted by Gasteiger charge is 2.32. The number of anilines is 1. The maximum absolute atomic E-state index is 12.5. The summed E-state index contributed by atoms with van der Waals surface area (Å²) in [6.45, 7) is 2.29. The van der Waals surface area contributed by atoms with Gasteiger partial charge in [0, 0.05) is 30.6 Å². The van der Waals surface area contributed by atoms with Gasteiger partial charge in [-0.05, 0) is 43.7 Å². The molecule has 2 aromatic heterocycles. The quantitative estimate of drug-likeness (QED) is 0.271. The molecule has 36 heavy (non-hydrogen) atoms. The Bertz CT molecular complexity index is 1380. The number of benzene rings is 1. The molecule has 1 N–H and O–H groups in total. The third kappa shape index (κ3) is 5.07. The molecule has 0 aliphatic carbocycles. The van der Waals surface area contributed by atoms with Gasteiger partial charge in [-0.2, -0.15) is 5.26 Å². The number of nitro groups is 1. The fourth-order valence-electron chi connectivity index (χ4n) is 3.75. The van der Waals surface area contributed by atoms with E-state index in [1.165, 1.54) is 18.5 Å². The van der Waals surface area contributed by atoms with Gasteiger partial charge in [0.05, 0.1) is 34.6 Å². The molecule has 1 unspecified atom stereocenters. The van der Waals surface area contributed by atoms with Gasteiger partial charge in [0.15, 0.2) is 0 Å². The predicted octanol–water partition coefficient (Wildman–Crippen LogP) is 3.83. The lowest BCUT2D eigenvalue weighted by Crippen LogP contribution is -2.25. The summed E-state index contributed by atoms with van der Waals surface area (Å²) >= 11 is 0. The van der Waals surface area contributed by atoms with Crippen molar-refractivity contribution < 1.29 is 14.5 Å². The van der Waals surface area contributed by atoms with E-state index in [2.05, 4.69) is 31.3 Å². The topological polar surface area (TPSA) is 156 Å². The van der Waals surface area contributed by atoms with Crippen molar-refractivity contribution in [1.82, 2.24) is 15.0 Å². The van der Waals surface area contributed by atoms with Gasteiger partial charge in [0.1, 0.15) is 17.3 Å². The van der Waals surface area contributed by atoms with Gasteiger partial charge in [-0.1, -0.05) is 12.1 Å². The number of hydrogen-bond acceptors (Lipinski definition) is 10. The minimum Gasteiger partial charge on any atom is -0.462 e. The summed E-state index contributed by atoms with van der Waals surface area (Å²) in [6, 6.07) is 11.8. The first kappa shape index (κ1) is 24.2. The summed E-state index contributed by atoms with van der Waals surface area (Å²) in [7, 11) is 0. The number of carbonyl (C=O) groups is 1. The van der Waals surface area contributed by atoms with Crippen molar-refractivity contribution in [3.05, 3.63) is 87.9 Å². The molecule has 4 rings (SSSR count). The number of carbonyl (C=O) groups excluding carboxylic acids is 1. The van der Waals surface area contributed by atoms with Gasteiger partial charge >= 0.3 is 5.97 Å². The molecule has 1 aliphatic rings. The third-order valence-electron chi connectivity index (χ3n) is 5.50. The number of allylic oxidation sites excluding steroid dienone is 1. The Labute approximate surface area is 206 Å². The largest absolute Gasteiger partial charge is 0.462 e. The molecule has 3 heterocycles. The van der Waals surface area contributed by atoms with Crippen LogP contribution in [0.3, 0.4) is 0 Å². The number of nitriles is 1. The van der Waals surface area contributed by atoms with Crippen LogP contribution in [0.15, 0.2) is 65.9 Å². The van der Waals surface area contributed by atoms with E-state index in [0.717, 1.165) is 0 Å². The molecule has 1 aromatic carbocycles. The van der Waals surface area contributed by atoms with E-state index in [4.69, 9.17) is 4.74 Å². The zero-order valence-electron chi connectivity index (χ0n) is 19.3. The Hall–Kier alpha value is -4.98.